The van der Waals surface area contributed by atoms with Crippen LogP contribution in [0.25, 0.3) is 17.2 Å². The molecule has 0 amide bonds. The standard InChI is InChI=1S/C20H26FN7O4S/c1-12-6-27(7-13(2)23-12)16-4-15(33(29,30)26-20(9-21)10-31-11-20)8-28-17(5-22-18(16)28)19-25-24-14(3)32-19/h4-5,8,12-13,23,26H,6-7,9-11H2,1-3H3/t12-,13-/m0/s1. The predicted molar refractivity (Wildman–Crippen MR) is 117 cm³/mol. The second-order valence-electron chi connectivity index (χ2n) is 8.91. The smallest absolute Gasteiger partial charge is 0.266 e. The summed E-state index contributed by atoms with van der Waals surface area (Å²) in [5.41, 5.74) is 0.438. The van der Waals surface area contributed by atoms with Gasteiger partial charge in [-0.25, -0.2) is 17.8 Å². The average molecular weight is 480 g/mol. The van der Waals surface area contributed by atoms with Crippen molar-refractivity contribution in [1.82, 2.24) is 29.6 Å². The lowest BCUT2D eigenvalue weighted by atomic mass is 10.0. The number of aromatic nitrogens is 4. The molecule has 11 nitrogen and oxygen atoms in total. The third-order valence-electron chi connectivity index (χ3n) is 5.88. The summed E-state index contributed by atoms with van der Waals surface area (Å²) in [5.74, 6) is 0.605. The number of aryl methyl sites for hydroxylation is 1. The third kappa shape index (κ3) is 3.98. The Kier molecular flexibility index (Phi) is 5.39. The van der Waals surface area contributed by atoms with Crippen molar-refractivity contribution in [2.75, 3.05) is 37.9 Å². The number of piperazine rings is 1. The van der Waals surface area contributed by atoms with E-state index in [2.05, 4.69) is 44.0 Å². The zero-order valence-corrected chi connectivity index (χ0v) is 19.4. The Morgan fingerprint density at radius 3 is 2.58 bits per heavy atom. The minimum absolute atomic E-state index is 0.0117. The molecule has 0 aliphatic carbocycles. The molecule has 5 rings (SSSR count). The highest BCUT2D eigenvalue weighted by molar-refractivity contribution is 7.89. The Morgan fingerprint density at radius 1 is 1.27 bits per heavy atom. The normalized spacial score (nSPS) is 23.1. The van der Waals surface area contributed by atoms with Gasteiger partial charge in [-0.2, -0.15) is 4.72 Å². The molecule has 2 N–H and O–H groups in total. The largest absolute Gasteiger partial charge is 0.420 e. The van der Waals surface area contributed by atoms with Crippen LogP contribution in [0.3, 0.4) is 0 Å². The monoisotopic (exact) mass is 479 g/mol. The van der Waals surface area contributed by atoms with Gasteiger partial charge in [0.15, 0.2) is 5.65 Å². The van der Waals surface area contributed by atoms with Crippen molar-refractivity contribution in [1.29, 1.82) is 0 Å². The summed E-state index contributed by atoms with van der Waals surface area (Å²) >= 11 is 0. The van der Waals surface area contributed by atoms with Crippen LogP contribution in [0.1, 0.15) is 19.7 Å². The van der Waals surface area contributed by atoms with E-state index in [1.54, 1.807) is 23.6 Å². The Bertz CT molecular complexity index is 1270. The van der Waals surface area contributed by atoms with Gasteiger partial charge in [-0.3, -0.25) is 4.40 Å². The fraction of sp³-hybridized carbons (Fsp3) is 0.550. The molecule has 2 saturated heterocycles. The Labute approximate surface area is 190 Å². The summed E-state index contributed by atoms with van der Waals surface area (Å²) < 4.78 is 55.0. The van der Waals surface area contributed by atoms with Crippen molar-refractivity contribution < 1.29 is 22.0 Å². The molecule has 0 spiro atoms. The highest BCUT2D eigenvalue weighted by Gasteiger charge is 2.43. The van der Waals surface area contributed by atoms with E-state index in [4.69, 9.17) is 9.15 Å². The van der Waals surface area contributed by atoms with Crippen molar-refractivity contribution in [2.45, 2.75) is 43.3 Å². The fourth-order valence-corrected chi connectivity index (χ4v) is 5.73. The number of hydrogen-bond acceptors (Lipinski definition) is 9. The lowest BCUT2D eigenvalue weighted by Gasteiger charge is -2.39. The van der Waals surface area contributed by atoms with Gasteiger partial charge < -0.3 is 19.4 Å². The molecular weight excluding hydrogens is 453 g/mol. The number of imidazole rings is 1. The zero-order valence-electron chi connectivity index (χ0n) is 18.6. The maximum atomic E-state index is 13.6. The number of pyridine rings is 1. The molecule has 0 aromatic carbocycles. The van der Waals surface area contributed by atoms with Gasteiger partial charge in [0, 0.05) is 38.3 Å². The average Bonchev–Trinajstić information content (AvgIpc) is 3.35. The summed E-state index contributed by atoms with van der Waals surface area (Å²) in [6.07, 6.45) is 3.02. The van der Waals surface area contributed by atoms with Crippen molar-refractivity contribution in [3.05, 3.63) is 24.4 Å². The number of hydrogen-bond donors (Lipinski definition) is 2. The molecule has 0 saturated carbocycles. The number of anilines is 1. The Morgan fingerprint density at radius 2 is 2.00 bits per heavy atom. The van der Waals surface area contributed by atoms with Crippen LogP contribution in [-0.2, 0) is 14.8 Å². The third-order valence-corrected chi connectivity index (χ3v) is 7.42. The molecule has 3 aromatic heterocycles. The molecule has 33 heavy (non-hydrogen) atoms. The second kappa shape index (κ2) is 8.01. The van der Waals surface area contributed by atoms with Gasteiger partial charge in [0.2, 0.25) is 15.9 Å². The van der Waals surface area contributed by atoms with Crippen molar-refractivity contribution in [2.24, 2.45) is 0 Å². The van der Waals surface area contributed by atoms with Crippen LogP contribution in [-0.4, -0.2) is 78.6 Å². The van der Waals surface area contributed by atoms with Gasteiger partial charge in [-0.1, -0.05) is 0 Å². The number of rotatable bonds is 6. The number of fused-ring (bicyclic) bond motifs is 1. The van der Waals surface area contributed by atoms with Crippen LogP contribution < -0.4 is 14.9 Å². The summed E-state index contributed by atoms with van der Waals surface area (Å²) in [6, 6.07) is 1.98. The first-order chi connectivity index (χ1) is 15.7. The van der Waals surface area contributed by atoms with Crippen LogP contribution in [0.4, 0.5) is 10.1 Å². The quantitative estimate of drug-likeness (QED) is 0.530. The van der Waals surface area contributed by atoms with Crippen LogP contribution in [0.15, 0.2) is 27.8 Å². The Balaban J connectivity index is 1.66. The zero-order chi connectivity index (χ0) is 23.4. The number of sulfonamides is 1. The lowest BCUT2D eigenvalue weighted by molar-refractivity contribution is -0.0725. The first-order valence-corrected chi connectivity index (χ1v) is 12.2. The van der Waals surface area contributed by atoms with E-state index in [0.717, 1.165) is 0 Å². The first-order valence-electron chi connectivity index (χ1n) is 10.7. The minimum atomic E-state index is -4.07. The summed E-state index contributed by atoms with van der Waals surface area (Å²) in [7, 11) is -4.07. The summed E-state index contributed by atoms with van der Waals surface area (Å²) in [6.45, 7) is 6.27. The van der Waals surface area contributed by atoms with E-state index in [1.165, 1.54) is 6.20 Å². The van der Waals surface area contributed by atoms with E-state index in [1.807, 2.05) is 0 Å². The number of nitrogens with zero attached hydrogens (tertiary/aromatic N) is 5. The Hall–Kier alpha value is -2.61. The molecule has 0 radical (unpaired) electrons. The summed E-state index contributed by atoms with van der Waals surface area (Å²) in [5, 5.41) is 11.4. The van der Waals surface area contributed by atoms with E-state index in [9.17, 15) is 12.8 Å². The van der Waals surface area contributed by atoms with Gasteiger partial charge in [0.05, 0.1) is 25.1 Å². The van der Waals surface area contributed by atoms with E-state index in [-0.39, 0.29) is 36.1 Å². The minimum Gasteiger partial charge on any atom is -0.420 e. The van der Waals surface area contributed by atoms with Crippen LogP contribution in [0.2, 0.25) is 0 Å². The molecule has 2 aliphatic heterocycles. The number of alkyl halides is 1. The fourth-order valence-electron chi connectivity index (χ4n) is 4.36. The summed E-state index contributed by atoms with van der Waals surface area (Å²) in [4.78, 5) is 6.64. The van der Waals surface area contributed by atoms with Gasteiger partial charge in [-0.15, -0.1) is 10.2 Å². The molecule has 3 aromatic rings. The van der Waals surface area contributed by atoms with Crippen molar-refractivity contribution in [3.8, 4) is 11.6 Å². The number of halogens is 1. The molecule has 0 unspecified atom stereocenters. The maximum Gasteiger partial charge on any atom is 0.266 e. The molecule has 13 heteroatoms. The highest BCUT2D eigenvalue weighted by atomic mass is 32.2. The first kappa shape index (κ1) is 22.2. The molecule has 2 atom stereocenters. The van der Waals surface area contributed by atoms with Gasteiger partial charge in [-0.05, 0) is 19.9 Å². The number of nitrogens with one attached hydrogen (secondary N) is 2. The van der Waals surface area contributed by atoms with Gasteiger partial charge >= 0.3 is 0 Å². The van der Waals surface area contributed by atoms with Crippen LogP contribution in [0, 0.1) is 6.92 Å². The van der Waals surface area contributed by atoms with E-state index in [0.29, 0.717) is 36.0 Å². The predicted octanol–water partition coefficient (Wildman–Crippen LogP) is 0.896. The molecule has 2 aliphatic rings. The highest BCUT2D eigenvalue weighted by Crippen LogP contribution is 2.31. The molecule has 0 bridgehead atoms. The lowest BCUT2D eigenvalue weighted by Crippen LogP contribution is -2.63. The second-order valence-corrected chi connectivity index (χ2v) is 10.6. The van der Waals surface area contributed by atoms with Gasteiger partial charge in [0.25, 0.3) is 5.89 Å². The van der Waals surface area contributed by atoms with Crippen LogP contribution in [0.5, 0.6) is 0 Å². The molecular formula is C20H26FN7O4S. The topological polar surface area (TPSA) is 127 Å². The van der Waals surface area contributed by atoms with E-state index < -0.39 is 22.2 Å². The number of ether oxygens (including phenoxy) is 1. The maximum absolute atomic E-state index is 13.6. The molecule has 5 heterocycles. The SMILES string of the molecule is Cc1nnc(-c2cnc3c(N4C[C@H](C)N[C@@H](C)C4)cc(S(=O)(=O)NC4(CF)COC4)cn23)o1. The van der Waals surface area contributed by atoms with Crippen LogP contribution >= 0.6 is 0 Å². The van der Waals surface area contributed by atoms with Crippen molar-refractivity contribution in [3.63, 3.8) is 0 Å². The molecule has 2 fully saturated rings. The van der Waals surface area contributed by atoms with Crippen molar-refractivity contribution >= 4 is 21.4 Å². The van der Waals surface area contributed by atoms with E-state index >= 15 is 0 Å². The molecule has 178 valence electrons. The van der Waals surface area contributed by atoms with Gasteiger partial charge in [0.1, 0.15) is 22.8 Å².